The van der Waals surface area contributed by atoms with Crippen molar-refractivity contribution in [3.63, 3.8) is 0 Å². The second-order valence-corrected chi connectivity index (χ2v) is 6.59. The van der Waals surface area contributed by atoms with Crippen molar-refractivity contribution in [1.29, 1.82) is 0 Å². The van der Waals surface area contributed by atoms with Gasteiger partial charge >= 0.3 is 0 Å². The average molecular weight is 321 g/mol. The molecule has 0 aromatic carbocycles. The molecule has 3 heterocycles. The van der Waals surface area contributed by atoms with E-state index in [0.717, 1.165) is 57.9 Å². The first-order chi connectivity index (χ1) is 11.2. The van der Waals surface area contributed by atoms with Gasteiger partial charge in [-0.05, 0) is 19.8 Å². The Morgan fingerprint density at radius 3 is 2.78 bits per heavy atom. The molecule has 1 saturated heterocycles. The smallest absolute Gasteiger partial charge is 0.291 e. The fourth-order valence-electron chi connectivity index (χ4n) is 3.43. The van der Waals surface area contributed by atoms with Gasteiger partial charge in [0.15, 0.2) is 0 Å². The quantitative estimate of drug-likeness (QED) is 0.821. The summed E-state index contributed by atoms with van der Waals surface area (Å²) in [4.78, 5) is 16.9. The molecule has 23 heavy (non-hydrogen) atoms. The highest BCUT2D eigenvalue weighted by Gasteiger charge is 2.25. The maximum Gasteiger partial charge on any atom is 0.291 e. The monoisotopic (exact) mass is 321 g/mol. The lowest BCUT2D eigenvalue weighted by Crippen LogP contribution is -2.48. The number of rotatable bonds is 4. The zero-order chi connectivity index (χ0) is 16.2. The molecule has 0 N–H and O–H groups in total. The molecule has 1 fully saturated rings. The van der Waals surface area contributed by atoms with Gasteiger partial charge in [-0.2, -0.15) is 0 Å². The van der Waals surface area contributed by atoms with E-state index < -0.39 is 0 Å². The summed E-state index contributed by atoms with van der Waals surface area (Å²) in [6.07, 6.45) is 4.35. The largest absolute Gasteiger partial charge is 0.379 e. The first kappa shape index (κ1) is 16.4. The summed E-state index contributed by atoms with van der Waals surface area (Å²) in [7, 11) is 1.86. The van der Waals surface area contributed by atoms with Gasteiger partial charge in [0, 0.05) is 45.7 Å². The molecule has 7 nitrogen and oxygen atoms in total. The van der Waals surface area contributed by atoms with Crippen LogP contribution >= 0.6 is 0 Å². The summed E-state index contributed by atoms with van der Waals surface area (Å²) in [5.41, 5.74) is 0. The summed E-state index contributed by atoms with van der Waals surface area (Å²) in [6.45, 7) is 7.14. The van der Waals surface area contributed by atoms with Gasteiger partial charge < -0.3 is 14.2 Å². The number of amides is 1. The summed E-state index contributed by atoms with van der Waals surface area (Å²) in [6, 6.07) is 0.319. The van der Waals surface area contributed by atoms with Crippen molar-refractivity contribution < 1.29 is 9.53 Å². The molecule has 2 aliphatic rings. The van der Waals surface area contributed by atoms with Crippen molar-refractivity contribution >= 4 is 5.91 Å². The first-order valence-electron chi connectivity index (χ1n) is 8.66. The Bertz CT molecular complexity index is 539. The Balaban J connectivity index is 1.64. The number of nitrogens with zero attached hydrogens (tertiary/aromatic N) is 5. The van der Waals surface area contributed by atoms with E-state index >= 15 is 0 Å². The van der Waals surface area contributed by atoms with Gasteiger partial charge in [0.2, 0.25) is 5.82 Å². The maximum absolute atomic E-state index is 12.8. The fraction of sp³-hybridized carbons (Fsp3) is 0.812. The summed E-state index contributed by atoms with van der Waals surface area (Å²) in [5.74, 6) is 1.44. The SMILES string of the molecule is CC(CN(C)C(=O)c1nnc2n1CCCCC2)N1CCOCC1. The Morgan fingerprint density at radius 2 is 2.00 bits per heavy atom. The van der Waals surface area contributed by atoms with Crippen molar-refractivity contribution in [3.05, 3.63) is 11.6 Å². The molecule has 1 atom stereocenters. The minimum Gasteiger partial charge on any atom is -0.379 e. The Labute approximate surface area is 137 Å². The topological polar surface area (TPSA) is 63.5 Å². The third-order valence-electron chi connectivity index (χ3n) is 4.85. The van der Waals surface area contributed by atoms with Crippen LogP contribution in [0.25, 0.3) is 0 Å². The molecule has 1 aromatic heterocycles. The zero-order valence-corrected chi connectivity index (χ0v) is 14.2. The average Bonchev–Trinajstić information content (AvgIpc) is 2.83. The second kappa shape index (κ2) is 7.40. The van der Waals surface area contributed by atoms with E-state index in [-0.39, 0.29) is 5.91 Å². The van der Waals surface area contributed by atoms with Gasteiger partial charge in [0.1, 0.15) is 5.82 Å². The van der Waals surface area contributed by atoms with E-state index in [9.17, 15) is 4.79 Å². The third-order valence-corrected chi connectivity index (χ3v) is 4.85. The van der Waals surface area contributed by atoms with Crippen LogP contribution in [0.1, 0.15) is 42.6 Å². The molecule has 0 aliphatic carbocycles. The van der Waals surface area contributed by atoms with Gasteiger partial charge in [-0.15, -0.1) is 10.2 Å². The molecule has 2 aliphatic heterocycles. The summed E-state index contributed by atoms with van der Waals surface area (Å²) in [5, 5.41) is 8.40. The number of fused-ring (bicyclic) bond motifs is 1. The van der Waals surface area contributed by atoms with Crippen LogP contribution in [0.5, 0.6) is 0 Å². The van der Waals surface area contributed by atoms with E-state index in [1.165, 1.54) is 6.42 Å². The molecule has 1 aromatic rings. The molecular formula is C16H27N5O2. The van der Waals surface area contributed by atoms with Gasteiger partial charge in [0.25, 0.3) is 5.91 Å². The van der Waals surface area contributed by atoms with Gasteiger partial charge in [0.05, 0.1) is 13.2 Å². The normalized spacial score (nSPS) is 20.6. The van der Waals surface area contributed by atoms with Gasteiger partial charge in [-0.3, -0.25) is 9.69 Å². The number of morpholine rings is 1. The van der Waals surface area contributed by atoms with Crippen molar-refractivity contribution in [3.8, 4) is 0 Å². The predicted octanol–water partition coefficient (Wildman–Crippen LogP) is 0.797. The Hall–Kier alpha value is -1.47. The molecule has 0 spiro atoms. The molecule has 128 valence electrons. The van der Waals surface area contributed by atoms with Crippen LogP contribution in [0, 0.1) is 0 Å². The zero-order valence-electron chi connectivity index (χ0n) is 14.2. The molecule has 7 heteroatoms. The lowest BCUT2D eigenvalue weighted by Gasteiger charge is -2.34. The van der Waals surface area contributed by atoms with Crippen LogP contribution in [0.15, 0.2) is 0 Å². The second-order valence-electron chi connectivity index (χ2n) is 6.59. The van der Waals surface area contributed by atoms with Crippen molar-refractivity contribution in [2.24, 2.45) is 0 Å². The molecule has 3 rings (SSSR count). The van der Waals surface area contributed by atoms with E-state index in [1.807, 2.05) is 11.6 Å². The highest BCUT2D eigenvalue weighted by molar-refractivity contribution is 5.90. The molecule has 0 saturated carbocycles. The van der Waals surface area contributed by atoms with Crippen LogP contribution in [0.4, 0.5) is 0 Å². The molecule has 1 unspecified atom stereocenters. The first-order valence-corrected chi connectivity index (χ1v) is 8.66. The summed E-state index contributed by atoms with van der Waals surface area (Å²) >= 11 is 0. The number of aryl methyl sites for hydroxylation is 1. The number of carbonyl (C=O) groups is 1. The van der Waals surface area contributed by atoms with Crippen LogP contribution < -0.4 is 0 Å². The number of ether oxygens (including phenoxy) is 1. The van der Waals surface area contributed by atoms with Crippen molar-refractivity contribution in [2.75, 3.05) is 39.9 Å². The van der Waals surface area contributed by atoms with Crippen LogP contribution in [0.3, 0.4) is 0 Å². The van der Waals surface area contributed by atoms with Gasteiger partial charge in [-0.1, -0.05) is 6.42 Å². The predicted molar refractivity (Wildman–Crippen MR) is 86.4 cm³/mol. The van der Waals surface area contributed by atoms with Crippen molar-refractivity contribution in [1.82, 2.24) is 24.6 Å². The highest BCUT2D eigenvalue weighted by Crippen LogP contribution is 2.15. The number of hydrogen-bond donors (Lipinski definition) is 0. The van der Waals surface area contributed by atoms with Gasteiger partial charge in [-0.25, -0.2) is 0 Å². The minimum absolute atomic E-state index is 0.0224. The molecule has 0 radical (unpaired) electrons. The standard InChI is InChI=1S/C16H27N5O2/c1-13(20-8-10-23-11-9-20)12-19(2)16(22)15-18-17-14-6-4-3-5-7-21(14)15/h13H,3-12H2,1-2H3. The lowest BCUT2D eigenvalue weighted by molar-refractivity contribution is 0.0141. The third kappa shape index (κ3) is 3.72. The maximum atomic E-state index is 12.8. The molecule has 1 amide bonds. The Morgan fingerprint density at radius 1 is 1.22 bits per heavy atom. The fourth-order valence-corrected chi connectivity index (χ4v) is 3.43. The van der Waals surface area contributed by atoms with Crippen LogP contribution in [-0.2, 0) is 17.7 Å². The highest BCUT2D eigenvalue weighted by atomic mass is 16.5. The number of hydrogen-bond acceptors (Lipinski definition) is 5. The number of likely N-dealkylation sites (N-methyl/N-ethyl adjacent to an activating group) is 1. The summed E-state index contributed by atoms with van der Waals surface area (Å²) < 4.78 is 7.41. The number of aromatic nitrogens is 3. The van der Waals surface area contributed by atoms with E-state index in [1.54, 1.807) is 4.90 Å². The van der Waals surface area contributed by atoms with Crippen LogP contribution in [-0.4, -0.2) is 76.4 Å². The van der Waals surface area contributed by atoms with Crippen LogP contribution in [0.2, 0.25) is 0 Å². The van der Waals surface area contributed by atoms with E-state index in [4.69, 9.17) is 4.74 Å². The van der Waals surface area contributed by atoms with Crippen molar-refractivity contribution in [2.45, 2.75) is 45.2 Å². The van der Waals surface area contributed by atoms with E-state index in [0.29, 0.717) is 18.4 Å². The van der Waals surface area contributed by atoms with E-state index in [2.05, 4.69) is 22.0 Å². The Kier molecular flexibility index (Phi) is 5.27. The number of carbonyl (C=O) groups excluding carboxylic acids is 1. The molecular weight excluding hydrogens is 294 g/mol. The lowest BCUT2D eigenvalue weighted by atomic mass is 10.2. The molecule has 0 bridgehead atoms. The minimum atomic E-state index is -0.0224.